The first-order chi connectivity index (χ1) is 5.84. The van der Waals surface area contributed by atoms with Gasteiger partial charge in [0.05, 0.1) is 0 Å². The van der Waals surface area contributed by atoms with Gasteiger partial charge in [-0.15, -0.1) is 0 Å². The molecule has 5 heteroatoms. The maximum absolute atomic E-state index is 10.6. The van der Waals surface area contributed by atoms with E-state index in [-0.39, 0.29) is 0 Å². The molecule has 0 bridgehead atoms. The molecule has 1 saturated heterocycles. The van der Waals surface area contributed by atoms with E-state index in [0.29, 0.717) is 11.7 Å². The number of hydrogen-bond donors (Lipinski definition) is 2. The number of nitrogens with one attached hydrogen (secondary N) is 2. The number of aromatic nitrogens is 2. The fourth-order valence-electron chi connectivity index (χ4n) is 1.51. The summed E-state index contributed by atoms with van der Waals surface area (Å²) in [6.07, 6.45) is 1.95. The molecule has 1 fully saturated rings. The lowest BCUT2D eigenvalue weighted by molar-refractivity contribution is 0.377. The highest BCUT2D eigenvalue weighted by molar-refractivity contribution is 4.85. The van der Waals surface area contributed by atoms with Crippen LogP contribution < -0.4 is 11.1 Å². The van der Waals surface area contributed by atoms with Crippen LogP contribution in [0.2, 0.25) is 0 Å². The monoisotopic (exact) mass is 169 g/mol. The summed E-state index contributed by atoms with van der Waals surface area (Å²) < 4.78 is 4.39. The van der Waals surface area contributed by atoms with Gasteiger partial charge in [-0.1, -0.05) is 5.16 Å². The summed E-state index contributed by atoms with van der Waals surface area (Å²) in [4.78, 5) is 13.1. The van der Waals surface area contributed by atoms with Crippen LogP contribution in [0.15, 0.2) is 9.32 Å². The van der Waals surface area contributed by atoms with E-state index in [0.717, 1.165) is 25.9 Å². The summed E-state index contributed by atoms with van der Waals surface area (Å²) in [5.41, 5.74) is 0. The van der Waals surface area contributed by atoms with Crippen molar-refractivity contribution < 1.29 is 4.52 Å². The molecule has 0 amide bonds. The van der Waals surface area contributed by atoms with Crippen LogP contribution in [0.4, 0.5) is 0 Å². The molecule has 12 heavy (non-hydrogen) atoms. The zero-order valence-electron chi connectivity index (χ0n) is 6.67. The molecular formula is C7H11N3O2. The van der Waals surface area contributed by atoms with Gasteiger partial charge in [-0.2, -0.15) is 0 Å². The molecule has 1 aromatic heterocycles. The maximum Gasteiger partial charge on any atom is 0.438 e. The summed E-state index contributed by atoms with van der Waals surface area (Å²) >= 11 is 0. The van der Waals surface area contributed by atoms with Crippen molar-refractivity contribution in [1.29, 1.82) is 0 Å². The highest BCUT2D eigenvalue weighted by Gasteiger charge is 2.16. The first-order valence-electron chi connectivity index (χ1n) is 4.10. The van der Waals surface area contributed by atoms with Gasteiger partial charge in [0, 0.05) is 6.42 Å². The fourth-order valence-corrected chi connectivity index (χ4v) is 1.51. The molecule has 66 valence electrons. The Labute approximate surface area is 69.1 Å². The Kier molecular flexibility index (Phi) is 1.95. The zero-order valence-corrected chi connectivity index (χ0v) is 6.67. The minimum absolute atomic E-state index is 0.462. The van der Waals surface area contributed by atoms with E-state index in [2.05, 4.69) is 20.0 Å². The van der Waals surface area contributed by atoms with Gasteiger partial charge in [-0.25, -0.2) is 4.79 Å². The van der Waals surface area contributed by atoms with Gasteiger partial charge in [0.15, 0.2) is 5.82 Å². The van der Waals surface area contributed by atoms with E-state index in [1.807, 2.05) is 0 Å². The standard InChI is InChI=1S/C7H11N3O2/c11-7-9-6(10-12-7)3-5-1-2-8-4-5/h5,8H,1-4H2,(H,9,10,11). The molecular weight excluding hydrogens is 158 g/mol. The Morgan fingerprint density at radius 2 is 2.58 bits per heavy atom. The molecule has 1 aliphatic heterocycles. The number of rotatable bonds is 2. The van der Waals surface area contributed by atoms with Crippen molar-refractivity contribution in [3.8, 4) is 0 Å². The Morgan fingerprint density at radius 3 is 3.17 bits per heavy atom. The van der Waals surface area contributed by atoms with E-state index in [1.54, 1.807) is 0 Å². The lowest BCUT2D eigenvalue weighted by Crippen LogP contribution is -2.11. The van der Waals surface area contributed by atoms with E-state index in [1.165, 1.54) is 0 Å². The highest BCUT2D eigenvalue weighted by Crippen LogP contribution is 2.11. The van der Waals surface area contributed by atoms with Gasteiger partial charge in [-0.3, -0.25) is 9.51 Å². The molecule has 0 spiro atoms. The van der Waals surface area contributed by atoms with Crippen molar-refractivity contribution >= 4 is 0 Å². The first kappa shape index (κ1) is 7.54. The number of aromatic amines is 1. The quantitative estimate of drug-likeness (QED) is 0.627. The molecule has 2 N–H and O–H groups in total. The lowest BCUT2D eigenvalue weighted by atomic mass is 10.1. The molecule has 1 aromatic rings. The second-order valence-electron chi connectivity index (χ2n) is 3.10. The van der Waals surface area contributed by atoms with Crippen molar-refractivity contribution in [3.63, 3.8) is 0 Å². The molecule has 0 saturated carbocycles. The van der Waals surface area contributed by atoms with Crippen molar-refractivity contribution in [2.75, 3.05) is 13.1 Å². The highest BCUT2D eigenvalue weighted by atomic mass is 16.5. The molecule has 2 heterocycles. The Balaban J connectivity index is 1.98. The Bertz CT molecular complexity index is 298. The van der Waals surface area contributed by atoms with E-state index in [9.17, 15) is 4.79 Å². The molecule has 0 aliphatic carbocycles. The molecule has 2 rings (SSSR count). The first-order valence-corrected chi connectivity index (χ1v) is 4.10. The zero-order chi connectivity index (χ0) is 8.39. The largest absolute Gasteiger partial charge is 0.438 e. The van der Waals surface area contributed by atoms with Crippen molar-refractivity contribution in [2.45, 2.75) is 12.8 Å². The molecule has 0 radical (unpaired) electrons. The van der Waals surface area contributed by atoms with Crippen LogP contribution in [-0.2, 0) is 6.42 Å². The Morgan fingerprint density at radius 1 is 1.67 bits per heavy atom. The number of H-pyrrole nitrogens is 1. The summed E-state index contributed by atoms with van der Waals surface area (Å²) in [5.74, 6) is 0.787. The fraction of sp³-hybridized carbons (Fsp3) is 0.714. The Hall–Kier alpha value is -1.10. The molecule has 1 atom stereocenters. The lowest BCUT2D eigenvalue weighted by Gasteiger charge is -2.02. The van der Waals surface area contributed by atoms with E-state index < -0.39 is 5.76 Å². The predicted octanol–water partition coefficient (Wildman–Crippen LogP) is -0.485. The molecule has 1 unspecified atom stereocenters. The predicted molar refractivity (Wildman–Crippen MR) is 41.8 cm³/mol. The van der Waals surface area contributed by atoms with Crippen molar-refractivity contribution in [3.05, 3.63) is 16.4 Å². The summed E-state index contributed by atoms with van der Waals surface area (Å²) in [5, 5.41) is 6.86. The van der Waals surface area contributed by atoms with Gasteiger partial charge in [0.2, 0.25) is 0 Å². The normalized spacial score (nSPS) is 23.2. The summed E-state index contributed by atoms with van der Waals surface area (Å²) in [6.45, 7) is 2.07. The summed E-state index contributed by atoms with van der Waals surface area (Å²) in [7, 11) is 0. The van der Waals surface area contributed by atoms with Crippen LogP contribution in [0.1, 0.15) is 12.2 Å². The second-order valence-corrected chi connectivity index (χ2v) is 3.10. The van der Waals surface area contributed by atoms with Crippen LogP contribution in [0.25, 0.3) is 0 Å². The number of hydrogen-bond acceptors (Lipinski definition) is 4. The van der Waals surface area contributed by atoms with Crippen LogP contribution in [0.3, 0.4) is 0 Å². The van der Waals surface area contributed by atoms with Gasteiger partial charge in [0.1, 0.15) is 0 Å². The number of nitrogens with zero attached hydrogens (tertiary/aromatic N) is 1. The third-order valence-corrected chi connectivity index (χ3v) is 2.13. The molecule has 1 aliphatic rings. The van der Waals surface area contributed by atoms with Crippen molar-refractivity contribution in [2.24, 2.45) is 5.92 Å². The van der Waals surface area contributed by atoms with Gasteiger partial charge < -0.3 is 5.32 Å². The van der Waals surface area contributed by atoms with Crippen LogP contribution >= 0.6 is 0 Å². The SMILES string of the molecule is O=c1[nH]c(CC2CCNC2)no1. The topological polar surface area (TPSA) is 70.9 Å². The average Bonchev–Trinajstić information content (AvgIpc) is 2.63. The van der Waals surface area contributed by atoms with E-state index >= 15 is 0 Å². The molecule has 5 nitrogen and oxygen atoms in total. The van der Waals surface area contributed by atoms with Gasteiger partial charge in [-0.05, 0) is 25.4 Å². The maximum atomic E-state index is 10.6. The third-order valence-electron chi connectivity index (χ3n) is 2.13. The van der Waals surface area contributed by atoms with Crippen LogP contribution in [0.5, 0.6) is 0 Å². The third kappa shape index (κ3) is 1.55. The minimum atomic E-state index is -0.462. The van der Waals surface area contributed by atoms with Crippen molar-refractivity contribution in [1.82, 2.24) is 15.5 Å². The smallest absolute Gasteiger partial charge is 0.316 e. The van der Waals surface area contributed by atoms with Crippen LogP contribution in [0, 0.1) is 5.92 Å². The minimum Gasteiger partial charge on any atom is -0.316 e. The van der Waals surface area contributed by atoms with Gasteiger partial charge in [0.25, 0.3) is 0 Å². The van der Waals surface area contributed by atoms with Gasteiger partial charge >= 0.3 is 5.76 Å². The molecule has 0 aromatic carbocycles. The van der Waals surface area contributed by atoms with Crippen LogP contribution in [-0.4, -0.2) is 23.2 Å². The second kappa shape index (κ2) is 3.10. The van der Waals surface area contributed by atoms with E-state index in [4.69, 9.17) is 0 Å². The average molecular weight is 169 g/mol. The summed E-state index contributed by atoms with van der Waals surface area (Å²) in [6, 6.07) is 0.